The molecule has 1 saturated heterocycles. The molecule has 21 heavy (non-hydrogen) atoms. The molecule has 1 aliphatic heterocycles. The van der Waals surface area contributed by atoms with Gasteiger partial charge in [0.15, 0.2) is 5.16 Å². The van der Waals surface area contributed by atoms with Crippen LogP contribution in [-0.4, -0.2) is 38.6 Å². The van der Waals surface area contributed by atoms with E-state index in [4.69, 9.17) is 0 Å². The number of carbonyl (C=O) groups is 2. The molecule has 3 heterocycles. The summed E-state index contributed by atoms with van der Waals surface area (Å²) < 4.78 is 2.16. The summed E-state index contributed by atoms with van der Waals surface area (Å²) in [5.74, 6) is 0.305. The van der Waals surface area contributed by atoms with Gasteiger partial charge in [-0.3, -0.25) is 23.9 Å². The van der Waals surface area contributed by atoms with Gasteiger partial charge in [-0.25, -0.2) is 4.98 Å². The first kappa shape index (κ1) is 14.3. The van der Waals surface area contributed by atoms with Crippen molar-refractivity contribution >= 4 is 45.1 Å². The molecule has 6 nitrogen and oxygen atoms in total. The molecule has 0 saturated carbocycles. The predicted octanol–water partition coefficient (Wildman–Crippen LogP) is 1.24. The molecule has 3 rings (SSSR count). The topological polar surface area (TPSA) is 72.3 Å². The Morgan fingerprint density at radius 3 is 2.71 bits per heavy atom. The summed E-state index contributed by atoms with van der Waals surface area (Å²) in [5, 5.41) is 2.44. The number of thioether (sulfide) groups is 1. The first-order chi connectivity index (χ1) is 10.1. The minimum Gasteiger partial charge on any atom is -0.290 e. The van der Waals surface area contributed by atoms with Gasteiger partial charge in [0, 0.05) is 32.2 Å². The van der Waals surface area contributed by atoms with Crippen LogP contribution in [-0.2, 0) is 16.6 Å². The van der Waals surface area contributed by atoms with Crippen LogP contribution in [0.3, 0.4) is 0 Å². The molecular formula is C13H13N3O3S2. The summed E-state index contributed by atoms with van der Waals surface area (Å²) in [5.41, 5.74) is 0.629. The lowest BCUT2D eigenvalue weighted by atomic mass is 10.4. The quantitative estimate of drug-likeness (QED) is 0.481. The van der Waals surface area contributed by atoms with Crippen molar-refractivity contribution in [3.05, 3.63) is 21.8 Å². The zero-order valence-electron chi connectivity index (χ0n) is 11.4. The van der Waals surface area contributed by atoms with Crippen LogP contribution in [0.2, 0.25) is 0 Å². The molecule has 0 aliphatic carbocycles. The van der Waals surface area contributed by atoms with E-state index in [1.54, 1.807) is 7.05 Å². The fourth-order valence-electron chi connectivity index (χ4n) is 2.20. The SMILES string of the molecule is Cn1c(SCCN2C(=O)CCC2=O)nc2ccsc2c1=O. The van der Waals surface area contributed by atoms with Crippen LogP contribution < -0.4 is 5.56 Å². The second-order valence-corrected chi connectivity index (χ2v) is 6.66. The van der Waals surface area contributed by atoms with Gasteiger partial charge in [0.1, 0.15) is 4.70 Å². The smallest absolute Gasteiger partial charge is 0.271 e. The maximum Gasteiger partial charge on any atom is 0.271 e. The highest BCUT2D eigenvalue weighted by Gasteiger charge is 2.28. The number of amides is 2. The first-order valence-corrected chi connectivity index (χ1v) is 8.34. The number of hydrogen-bond acceptors (Lipinski definition) is 6. The molecule has 0 atom stereocenters. The largest absolute Gasteiger partial charge is 0.290 e. The van der Waals surface area contributed by atoms with Crippen molar-refractivity contribution in [3.63, 3.8) is 0 Å². The van der Waals surface area contributed by atoms with E-state index >= 15 is 0 Å². The minimum absolute atomic E-state index is 0.0641. The summed E-state index contributed by atoms with van der Waals surface area (Å²) in [6.07, 6.45) is 0.613. The van der Waals surface area contributed by atoms with Gasteiger partial charge >= 0.3 is 0 Å². The Bertz CT molecular complexity index is 765. The summed E-state index contributed by atoms with van der Waals surface area (Å²) in [6.45, 7) is 0.361. The molecule has 2 amide bonds. The van der Waals surface area contributed by atoms with Crippen LogP contribution in [0.15, 0.2) is 21.4 Å². The Morgan fingerprint density at radius 2 is 2.00 bits per heavy atom. The molecule has 110 valence electrons. The normalized spacial score (nSPS) is 15.4. The van der Waals surface area contributed by atoms with Gasteiger partial charge in [-0.05, 0) is 11.4 Å². The highest BCUT2D eigenvalue weighted by molar-refractivity contribution is 7.99. The van der Waals surface area contributed by atoms with Gasteiger partial charge in [-0.15, -0.1) is 11.3 Å². The van der Waals surface area contributed by atoms with Gasteiger partial charge in [0.2, 0.25) is 11.8 Å². The van der Waals surface area contributed by atoms with Crippen molar-refractivity contribution in [3.8, 4) is 0 Å². The Hall–Kier alpha value is -1.67. The van der Waals surface area contributed by atoms with E-state index in [0.29, 0.717) is 40.5 Å². The van der Waals surface area contributed by atoms with E-state index < -0.39 is 0 Å². The van der Waals surface area contributed by atoms with Crippen molar-refractivity contribution in [1.29, 1.82) is 0 Å². The fraction of sp³-hybridized carbons (Fsp3) is 0.385. The Balaban J connectivity index is 1.73. The number of nitrogens with zero attached hydrogens (tertiary/aromatic N) is 3. The lowest BCUT2D eigenvalue weighted by Crippen LogP contribution is -2.31. The van der Waals surface area contributed by atoms with Crippen LogP contribution in [0.5, 0.6) is 0 Å². The summed E-state index contributed by atoms with van der Waals surface area (Å²) in [6, 6.07) is 1.82. The van der Waals surface area contributed by atoms with E-state index in [1.807, 2.05) is 11.4 Å². The standard InChI is InChI=1S/C13H13N3O3S2/c1-15-12(19)11-8(4-6-20-11)14-13(15)21-7-5-16-9(17)2-3-10(16)18/h4,6H,2-3,5,7H2,1H3. The van der Waals surface area contributed by atoms with Gasteiger partial charge in [-0.2, -0.15) is 0 Å². The van der Waals surface area contributed by atoms with E-state index in [2.05, 4.69) is 4.98 Å². The monoisotopic (exact) mass is 323 g/mol. The van der Waals surface area contributed by atoms with Crippen molar-refractivity contribution in [2.45, 2.75) is 18.0 Å². The molecule has 2 aromatic rings. The van der Waals surface area contributed by atoms with E-state index in [-0.39, 0.29) is 17.4 Å². The third-order valence-electron chi connectivity index (χ3n) is 3.35. The second-order valence-electron chi connectivity index (χ2n) is 4.68. The third kappa shape index (κ3) is 2.60. The molecular weight excluding hydrogens is 310 g/mol. The maximum atomic E-state index is 12.1. The van der Waals surface area contributed by atoms with Gasteiger partial charge in [-0.1, -0.05) is 11.8 Å². The van der Waals surface area contributed by atoms with Gasteiger partial charge < -0.3 is 0 Å². The molecule has 2 aromatic heterocycles. The molecule has 0 spiro atoms. The number of carbonyl (C=O) groups excluding carboxylic acids is 2. The molecule has 1 fully saturated rings. The number of rotatable bonds is 4. The second kappa shape index (κ2) is 5.61. The lowest BCUT2D eigenvalue weighted by Gasteiger charge is -2.13. The summed E-state index contributed by atoms with van der Waals surface area (Å²) in [4.78, 5) is 40.9. The number of aromatic nitrogens is 2. The number of fused-ring (bicyclic) bond motifs is 1. The third-order valence-corrected chi connectivity index (χ3v) is 5.25. The van der Waals surface area contributed by atoms with Crippen LogP contribution in [0.25, 0.3) is 10.2 Å². The summed E-state index contributed by atoms with van der Waals surface area (Å²) in [7, 11) is 1.68. The van der Waals surface area contributed by atoms with Crippen molar-refractivity contribution in [2.24, 2.45) is 7.05 Å². The fourth-order valence-corrected chi connectivity index (χ4v) is 3.90. The Kier molecular flexibility index (Phi) is 3.81. The van der Waals surface area contributed by atoms with Crippen molar-refractivity contribution in [2.75, 3.05) is 12.3 Å². The average molecular weight is 323 g/mol. The van der Waals surface area contributed by atoms with E-state index in [9.17, 15) is 14.4 Å². The number of imide groups is 1. The first-order valence-electron chi connectivity index (χ1n) is 6.48. The van der Waals surface area contributed by atoms with Gasteiger partial charge in [0.05, 0.1) is 5.52 Å². The Labute approximate surface area is 128 Å². The Morgan fingerprint density at radius 1 is 1.29 bits per heavy atom. The number of hydrogen-bond donors (Lipinski definition) is 0. The van der Waals surface area contributed by atoms with Crippen LogP contribution in [0, 0.1) is 0 Å². The number of likely N-dealkylation sites (tertiary alicyclic amines) is 1. The minimum atomic E-state index is -0.115. The van der Waals surface area contributed by atoms with Crippen molar-refractivity contribution < 1.29 is 9.59 Å². The lowest BCUT2D eigenvalue weighted by molar-refractivity contribution is -0.137. The van der Waals surface area contributed by atoms with Crippen LogP contribution in [0.1, 0.15) is 12.8 Å². The zero-order chi connectivity index (χ0) is 15.0. The number of thiophene rings is 1. The van der Waals surface area contributed by atoms with Crippen LogP contribution >= 0.6 is 23.1 Å². The molecule has 0 unspecified atom stereocenters. The van der Waals surface area contributed by atoms with E-state index in [0.717, 1.165) is 0 Å². The molecule has 0 radical (unpaired) electrons. The molecule has 0 N–H and O–H groups in total. The molecule has 8 heteroatoms. The van der Waals surface area contributed by atoms with Crippen LogP contribution in [0.4, 0.5) is 0 Å². The molecule has 0 bridgehead atoms. The van der Waals surface area contributed by atoms with E-state index in [1.165, 1.54) is 32.6 Å². The highest BCUT2D eigenvalue weighted by Crippen LogP contribution is 2.21. The zero-order valence-corrected chi connectivity index (χ0v) is 13.0. The molecule has 1 aliphatic rings. The summed E-state index contributed by atoms with van der Waals surface area (Å²) >= 11 is 2.76. The van der Waals surface area contributed by atoms with Gasteiger partial charge in [0.25, 0.3) is 5.56 Å². The highest BCUT2D eigenvalue weighted by atomic mass is 32.2. The average Bonchev–Trinajstić information content (AvgIpc) is 3.05. The predicted molar refractivity (Wildman–Crippen MR) is 81.5 cm³/mol. The molecule has 0 aromatic carbocycles. The van der Waals surface area contributed by atoms with Crippen molar-refractivity contribution in [1.82, 2.24) is 14.5 Å². The maximum absolute atomic E-state index is 12.1.